The van der Waals surface area contributed by atoms with Gasteiger partial charge < -0.3 is 15.0 Å². The summed E-state index contributed by atoms with van der Waals surface area (Å²) in [6, 6.07) is 5.37. The highest BCUT2D eigenvalue weighted by Crippen LogP contribution is 2.31. The predicted octanol–water partition coefficient (Wildman–Crippen LogP) is 3.84. The average molecular weight is 499 g/mol. The number of allylic oxidation sites excluding steroid dienone is 3. The Labute approximate surface area is 204 Å². The molecule has 11 heteroatoms. The molecule has 2 aliphatic rings. The number of hydrogen-bond acceptors (Lipinski definition) is 7. The van der Waals surface area contributed by atoms with Gasteiger partial charge in [-0.15, -0.1) is 28.0 Å². The van der Waals surface area contributed by atoms with Crippen molar-refractivity contribution in [1.29, 1.82) is 0 Å². The van der Waals surface area contributed by atoms with Crippen molar-refractivity contribution in [2.24, 2.45) is 0 Å². The van der Waals surface area contributed by atoms with Crippen LogP contribution in [0.4, 0.5) is 5.69 Å². The first kappa shape index (κ1) is 22.5. The SMILES string of the molecule is O=C(Nc1ccc2[nH]nnc2c1)c1csc(C2CCN(C(=O)COC3=CCC(Cl)C=C3)CC2)n1. The van der Waals surface area contributed by atoms with Crippen LogP contribution in [0.5, 0.6) is 0 Å². The molecule has 34 heavy (non-hydrogen) atoms. The lowest BCUT2D eigenvalue weighted by Crippen LogP contribution is -2.39. The number of aromatic amines is 1. The van der Waals surface area contributed by atoms with Crippen molar-refractivity contribution in [1.82, 2.24) is 25.3 Å². The number of H-pyrrole nitrogens is 1. The number of fused-ring (bicyclic) bond motifs is 1. The molecule has 1 unspecified atom stereocenters. The molecule has 0 saturated carbocycles. The molecule has 1 aliphatic heterocycles. The van der Waals surface area contributed by atoms with Gasteiger partial charge in [0.2, 0.25) is 0 Å². The van der Waals surface area contributed by atoms with E-state index in [1.165, 1.54) is 11.3 Å². The van der Waals surface area contributed by atoms with Crippen LogP contribution in [0.25, 0.3) is 11.0 Å². The highest BCUT2D eigenvalue weighted by molar-refractivity contribution is 7.10. The maximum Gasteiger partial charge on any atom is 0.275 e. The fourth-order valence-corrected chi connectivity index (χ4v) is 5.12. The van der Waals surface area contributed by atoms with Crippen LogP contribution in [0, 0.1) is 0 Å². The largest absolute Gasteiger partial charge is 0.484 e. The minimum absolute atomic E-state index is 0.0108. The first-order valence-electron chi connectivity index (χ1n) is 11.1. The molecule has 3 heterocycles. The van der Waals surface area contributed by atoms with Gasteiger partial charge in [0, 0.05) is 30.1 Å². The summed E-state index contributed by atoms with van der Waals surface area (Å²) in [6.45, 7) is 1.31. The van der Waals surface area contributed by atoms with E-state index >= 15 is 0 Å². The third kappa shape index (κ3) is 5.13. The molecule has 2 amide bonds. The van der Waals surface area contributed by atoms with Gasteiger partial charge in [0.05, 0.1) is 15.9 Å². The molecule has 9 nitrogen and oxygen atoms in total. The standard InChI is InChI=1S/C23H23ClN6O3S/c24-15-1-4-17(5-2-15)33-12-21(31)30-9-7-14(8-10-30)23-26-20(13-34-23)22(32)25-16-3-6-18-19(11-16)28-29-27-18/h1,3-6,11,13-15H,2,7-10,12H2,(H,25,32)(H,27,28,29). The Balaban J connectivity index is 1.11. The maximum absolute atomic E-state index is 12.7. The fourth-order valence-electron chi connectivity index (χ4n) is 3.99. The molecule has 2 aromatic heterocycles. The normalized spacial score (nSPS) is 18.7. The van der Waals surface area contributed by atoms with E-state index in [-0.39, 0.29) is 29.7 Å². The van der Waals surface area contributed by atoms with Crippen LogP contribution < -0.4 is 5.32 Å². The van der Waals surface area contributed by atoms with Gasteiger partial charge in [-0.25, -0.2) is 4.98 Å². The molecular weight excluding hydrogens is 476 g/mol. The number of piperidine rings is 1. The summed E-state index contributed by atoms with van der Waals surface area (Å²) in [5.41, 5.74) is 2.51. The van der Waals surface area contributed by atoms with Crippen LogP contribution in [0.1, 0.15) is 40.7 Å². The number of thiazole rings is 1. The van der Waals surface area contributed by atoms with Crippen molar-refractivity contribution >= 4 is 51.5 Å². The number of nitrogens with one attached hydrogen (secondary N) is 2. The van der Waals surface area contributed by atoms with Crippen molar-refractivity contribution in [3.8, 4) is 0 Å². The van der Waals surface area contributed by atoms with Crippen LogP contribution in [-0.2, 0) is 9.53 Å². The lowest BCUT2D eigenvalue weighted by atomic mass is 9.97. The molecule has 1 aliphatic carbocycles. The van der Waals surface area contributed by atoms with Gasteiger partial charge in [-0.3, -0.25) is 14.7 Å². The molecule has 1 saturated heterocycles. The van der Waals surface area contributed by atoms with Crippen molar-refractivity contribution in [3.63, 3.8) is 0 Å². The van der Waals surface area contributed by atoms with Crippen LogP contribution >= 0.6 is 22.9 Å². The maximum atomic E-state index is 12.7. The summed E-state index contributed by atoms with van der Waals surface area (Å²) < 4.78 is 5.62. The second-order valence-corrected chi connectivity index (χ2v) is 9.68. The van der Waals surface area contributed by atoms with Gasteiger partial charge >= 0.3 is 0 Å². The molecule has 0 spiro atoms. The van der Waals surface area contributed by atoms with Crippen LogP contribution in [-0.4, -0.2) is 62.2 Å². The van der Waals surface area contributed by atoms with E-state index in [0.29, 0.717) is 42.2 Å². The number of likely N-dealkylation sites (tertiary alicyclic amines) is 1. The summed E-state index contributed by atoms with van der Waals surface area (Å²) in [5.74, 6) is 0.632. The van der Waals surface area contributed by atoms with E-state index in [9.17, 15) is 9.59 Å². The third-order valence-electron chi connectivity index (χ3n) is 5.91. The topological polar surface area (TPSA) is 113 Å². The third-order valence-corrected chi connectivity index (χ3v) is 7.24. The minimum atomic E-state index is -0.262. The van der Waals surface area contributed by atoms with Gasteiger partial charge in [0.1, 0.15) is 17.0 Å². The van der Waals surface area contributed by atoms with Crippen molar-refractivity contribution in [2.75, 3.05) is 25.0 Å². The number of carbonyl (C=O) groups is 2. The molecule has 0 bridgehead atoms. The summed E-state index contributed by atoms with van der Waals surface area (Å²) in [7, 11) is 0. The lowest BCUT2D eigenvalue weighted by molar-refractivity contribution is -0.135. The van der Waals surface area contributed by atoms with E-state index in [1.807, 2.05) is 29.2 Å². The van der Waals surface area contributed by atoms with Crippen LogP contribution in [0.15, 0.2) is 47.6 Å². The van der Waals surface area contributed by atoms with Crippen LogP contribution in [0.2, 0.25) is 0 Å². The monoisotopic (exact) mass is 498 g/mol. The van der Waals surface area contributed by atoms with Crippen molar-refractivity contribution < 1.29 is 14.3 Å². The second kappa shape index (κ2) is 9.94. The molecule has 176 valence electrons. The van der Waals surface area contributed by atoms with E-state index < -0.39 is 0 Å². The number of amides is 2. The Hall–Kier alpha value is -3.24. The number of hydrogen-bond donors (Lipinski definition) is 2. The molecule has 0 radical (unpaired) electrons. The summed E-state index contributed by atoms with van der Waals surface area (Å²) in [4.78, 5) is 31.6. The number of alkyl halides is 1. The average Bonchev–Trinajstić information content (AvgIpc) is 3.53. The molecule has 5 rings (SSSR count). The number of carbonyl (C=O) groups excluding carboxylic acids is 2. The number of aromatic nitrogens is 4. The van der Waals surface area contributed by atoms with Gasteiger partial charge in [-0.05, 0) is 49.6 Å². The minimum Gasteiger partial charge on any atom is -0.484 e. The van der Waals surface area contributed by atoms with Crippen LogP contribution in [0.3, 0.4) is 0 Å². The molecule has 2 N–H and O–H groups in total. The van der Waals surface area contributed by atoms with Gasteiger partial charge in [0.25, 0.3) is 11.8 Å². The number of anilines is 1. The van der Waals surface area contributed by atoms with Gasteiger partial charge in [-0.1, -0.05) is 11.3 Å². The number of halogens is 1. The molecule has 3 aromatic rings. The smallest absolute Gasteiger partial charge is 0.275 e. The summed E-state index contributed by atoms with van der Waals surface area (Å²) >= 11 is 7.49. The summed E-state index contributed by atoms with van der Waals surface area (Å²) in [6.07, 6.45) is 7.89. The zero-order valence-electron chi connectivity index (χ0n) is 18.2. The number of benzene rings is 1. The van der Waals surface area contributed by atoms with Gasteiger partial charge in [-0.2, -0.15) is 0 Å². The Bertz CT molecular complexity index is 1260. The van der Waals surface area contributed by atoms with E-state index in [4.69, 9.17) is 16.3 Å². The quantitative estimate of drug-likeness (QED) is 0.499. The summed E-state index contributed by atoms with van der Waals surface area (Å²) in [5, 5.41) is 16.0. The number of rotatable bonds is 6. The van der Waals surface area contributed by atoms with Gasteiger partial charge in [0.15, 0.2) is 6.61 Å². The molecule has 1 atom stereocenters. The molecule has 1 aromatic carbocycles. The van der Waals surface area contributed by atoms with Crippen molar-refractivity contribution in [3.05, 3.63) is 58.3 Å². The Kier molecular flexibility index (Phi) is 6.59. The highest BCUT2D eigenvalue weighted by Gasteiger charge is 2.26. The van der Waals surface area contributed by atoms with E-state index in [1.54, 1.807) is 17.5 Å². The van der Waals surface area contributed by atoms with E-state index in [0.717, 1.165) is 23.4 Å². The molecular formula is C23H23ClN6O3S. The zero-order valence-corrected chi connectivity index (χ0v) is 19.8. The Morgan fingerprint density at radius 3 is 2.94 bits per heavy atom. The Morgan fingerprint density at radius 2 is 2.15 bits per heavy atom. The predicted molar refractivity (Wildman–Crippen MR) is 130 cm³/mol. The highest BCUT2D eigenvalue weighted by atomic mass is 35.5. The Morgan fingerprint density at radius 1 is 1.29 bits per heavy atom. The first-order chi connectivity index (χ1) is 16.5. The lowest BCUT2D eigenvalue weighted by Gasteiger charge is -2.31. The molecule has 1 fully saturated rings. The first-order valence-corrected chi connectivity index (χ1v) is 12.4. The van der Waals surface area contributed by atoms with Crippen molar-refractivity contribution in [2.45, 2.75) is 30.6 Å². The number of nitrogens with zero attached hydrogens (tertiary/aromatic N) is 4. The number of ether oxygens (including phenoxy) is 1. The second-order valence-electron chi connectivity index (χ2n) is 8.23. The fraction of sp³-hybridized carbons (Fsp3) is 0.348. The zero-order chi connectivity index (χ0) is 23.5. The van der Waals surface area contributed by atoms with E-state index in [2.05, 4.69) is 25.7 Å².